The number of likely N-dealkylation sites (N-methyl/N-ethyl adjacent to an activating group) is 1. The Morgan fingerprint density at radius 2 is 2.12 bits per heavy atom. The first kappa shape index (κ1) is 11.1. The number of aromatic amines is 1. The summed E-state index contributed by atoms with van der Waals surface area (Å²) in [5, 5.41) is 6.30. The Hall–Kier alpha value is -1.43. The molecule has 6 nitrogen and oxygen atoms in total. The van der Waals surface area contributed by atoms with Crippen molar-refractivity contribution in [3.8, 4) is 0 Å². The maximum atomic E-state index is 11.1. The van der Waals surface area contributed by atoms with Crippen LogP contribution in [0.5, 0.6) is 0 Å². The van der Waals surface area contributed by atoms with Gasteiger partial charge in [-0.3, -0.25) is 0 Å². The Kier molecular flexibility index (Phi) is 3.19. The third-order valence-corrected chi connectivity index (χ3v) is 3.12. The fourth-order valence-corrected chi connectivity index (χ4v) is 2.07. The van der Waals surface area contributed by atoms with Crippen LogP contribution in [0, 0.1) is 6.92 Å². The van der Waals surface area contributed by atoms with Crippen molar-refractivity contribution < 1.29 is 4.90 Å². The topological polar surface area (TPSA) is 66.3 Å². The van der Waals surface area contributed by atoms with E-state index in [1.807, 2.05) is 6.92 Å². The summed E-state index contributed by atoms with van der Waals surface area (Å²) in [6, 6.07) is 0. The van der Waals surface area contributed by atoms with Gasteiger partial charge in [-0.2, -0.15) is 10.1 Å². The fourth-order valence-electron chi connectivity index (χ4n) is 2.07. The number of aryl methyl sites for hydroxylation is 1. The molecule has 2 N–H and O–H groups in total. The van der Waals surface area contributed by atoms with E-state index in [9.17, 15) is 4.79 Å². The van der Waals surface area contributed by atoms with Crippen molar-refractivity contribution in [1.29, 1.82) is 0 Å². The number of quaternary nitrogens is 1. The number of anilines is 1. The van der Waals surface area contributed by atoms with Gasteiger partial charge < -0.3 is 9.80 Å². The zero-order valence-corrected chi connectivity index (χ0v) is 9.79. The molecule has 0 spiro atoms. The molecule has 1 aliphatic heterocycles. The largest absolute Gasteiger partial charge is 0.363 e. The van der Waals surface area contributed by atoms with Gasteiger partial charge in [0.25, 0.3) is 0 Å². The van der Waals surface area contributed by atoms with Gasteiger partial charge in [-0.15, -0.1) is 0 Å². The molecule has 0 aliphatic carbocycles. The SMILES string of the molecule is CC[NH+]1CCN(c2nc(=O)[nH]nc2C)CC1. The third-order valence-electron chi connectivity index (χ3n) is 3.12. The maximum absolute atomic E-state index is 11.1. The van der Waals surface area contributed by atoms with Crippen LogP contribution >= 0.6 is 0 Å². The molecule has 0 bridgehead atoms. The van der Waals surface area contributed by atoms with Crippen LogP contribution in [-0.4, -0.2) is 47.9 Å². The lowest BCUT2D eigenvalue weighted by Crippen LogP contribution is -3.14. The van der Waals surface area contributed by atoms with Gasteiger partial charge in [0.2, 0.25) is 0 Å². The highest BCUT2D eigenvalue weighted by Gasteiger charge is 2.21. The van der Waals surface area contributed by atoms with E-state index in [4.69, 9.17) is 0 Å². The standard InChI is InChI=1S/C10H17N5O/c1-3-14-4-6-15(7-5-14)9-8(2)12-13-10(16)11-9/h3-7H2,1-2H3,(H,11,13,16)/p+1. The van der Waals surface area contributed by atoms with Crippen molar-refractivity contribution >= 4 is 5.82 Å². The molecule has 88 valence electrons. The molecule has 0 radical (unpaired) electrons. The number of nitrogens with one attached hydrogen (secondary N) is 2. The second kappa shape index (κ2) is 4.61. The first-order valence-electron chi connectivity index (χ1n) is 5.72. The van der Waals surface area contributed by atoms with Crippen LogP contribution in [0.1, 0.15) is 12.6 Å². The summed E-state index contributed by atoms with van der Waals surface area (Å²) in [5.41, 5.74) is 0.422. The summed E-state index contributed by atoms with van der Waals surface area (Å²) < 4.78 is 0. The molecule has 1 fully saturated rings. The molecule has 2 heterocycles. The molecule has 1 aromatic heterocycles. The van der Waals surface area contributed by atoms with Crippen LogP contribution in [0.15, 0.2) is 4.79 Å². The highest BCUT2D eigenvalue weighted by Crippen LogP contribution is 2.10. The molecule has 1 aromatic rings. The summed E-state index contributed by atoms with van der Waals surface area (Å²) in [7, 11) is 0. The molecular formula is C10H18N5O+. The van der Waals surface area contributed by atoms with Crippen molar-refractivity contribution in [2.24, 2.45) is 0 Å². The number of nitrogens with zero attached hydrogens (tertiary/aromatic N) is 3. The molecule has 2 rings (SSSR count). The van der Waals surface area contributed by atoms with E-state index in [1.54, 1.807) is 4.90 Å². The quantitative estimate of drug-likeness (QED) is 0.622. The summed E-state index contributed by atoms with van der Waals surface area (Å²) in [6.07, 6.45) is 0. The van der Waals surface area contributed by atoms with Gasteiger partial charge in [0, 0.05) is 0 Å². The molecule has 1 aliphatic rings. The van der Waals surface area contributed by atoms with E-state index in [0.717, 1.165) is 44.2 Å². The van der Waals surface area contributed by atoms with E-state index < -0.39 is 0 Å². The lowest BCUT2D eigenvalue weighted by Gasteiger charge is -2.32. The van der Waals surface area contributed by atoms with Gasteiger partial charge in [0.05, 0.1) is 32.7 Å². The van der Waals surface area contributed by atoms with E-state index >= 15 is 0 Å². The van der Waals surface area contributed by atoms with Crippen molar-refractivity contribution in [3.05, 3.63) is 16.2 Å². The Bertz CT molecular complexity index is 408. The number of piperazine rings is 1. The number of hydrogen-bond acceptors (Lipinski definition) is 4. The highest BCUT2D eigenvalue weighted by molar-refractivity contribution is 5.41. The maximum Gasteiger partial charge on any atom is 0.363 e. The van der Waals surface area contributed by atoms with Gasteiger partial charge in [-0.1, -0.05) is 0 Å². The van der Waals surface area contributed by atoms with Gasteiger partial charge in [-0.25, -0.2) is 9.89 Å². The number of rotatable bonds is 2. The van der Waals surface area contributed by atoms with Crippen LogP contribution in [0.25, 0.3) is 0 Å². The lowest BCUT2D eigenvalue weighted by atomic mass is 10.3. The predicted molar refractivity (Wildman–Crippen MR) is 60.8 cm³/mol. The second-order valence-electron chi connectivity index (χ2n) is 4.14. The summed E-state index contributed by atoms with van der Waals surface area (Å²) in [4.78, 5) is 18.9. The zero-order valence-electron chi connectivity index (χ0n) is 9.79. The Labute approximate surface area is 94.3 Å². The van der Waals surface area contributed by atoms with Crippen molar-refractivity contribution in [3.63, 3.8) is 0 Å². The van der Waals surface area contributed by atoms with E-state index in [2.05, 4.69) is 27.0 Å². The summed E-state index contributed by atoms with van der Waals surface area (Å²) in [6.45, 7) is 9.33. The number of hydrogen-bond donors (Lipinski definition) is 2. The minimum absolute atomic E-state index is 0.370. The first-order valence-corrected chi connectivity index (χ1v) is 5.72. The molecule has 0 atom stereocenters. The van der Waals surface area contributed by atoms with Crippen LogP contribution < -0.4 is 15.5 Å². The minimum Gasteiger partial charge on any atom is -0.344 e. The van der Waals surface area contributed by atoms with Crippen molar-refractivity contribution in [1.82, 2.24) is 15.2 Å². The van der Waals surface area contributed by atoms with Crippen LogP contribution in [-0.2, 0) is 0 Å². The van der Waals surface area contributed by atoms with Crippen LogP contribution in [0.3, 0.4) is 0 Å². The molecule has 6 heteroatoms. The number of H-pyrrole nitrogens is 1. The second-order valence-corrected chi connectivity index (χ2v) is 4.14. The van der Waals surface area contributed by atoms with Gasteiger partial charge in [-0.05, 0) is 13.8 Å². The highest BCUT2D eigenvalue weighted by atomic mass is 16.1. The third kappa shape index (κ3) is 2.21. The average Bonchev–Trinajstić information content (AvgIpc) is 2.32. The minimum atomic E-state index is -0.370. The number of aromatic nitrogens is 3. The Balaban J connectivity index is 2.13. The Morgan fingerprint density at radius 3 is 2.75 bits per heavy atom. The zero-order chi connectivity index (χ0) is 11.5. The Morgan fingerprint density at radius 1 is 1.44 bits per heavy atom. The lowest BCUT2D eigenvalue weighted by molar-refractivity contribution is -0.898. The van der Waals surface area contributed by atoms with E-state index in [-0.39, 0.29) is 5.69 Å². The van der Waals surface area contributed by atoms with Gasteiger partial charge >= 0.3 is 5.69 Å². The smallest absolute Gasteiger partial charge is 0.344 e. The monoisotopic (exact) mass is 224 g/mol. The molecule has 0 unspecified atom stereocenters. The molecule has 16 heavy (non-hydrogen) atoms. The summed E-state index contributed by atoms with van der Waals surface area (Å²) in [5.74, 6) is 0.735. The van der Waals surface area contributed by atoms with Crippen molar-refractivity contribution in [2.45, 2.75) is 13.8 Å². The molecule has 0 saturated carbocycles. The van der Waals surface area contributed by atoms with Gasteiger partial charge in [0.15, 0.2) is 5.82 Å². The van der Waals surface area contributed by atoms with Crippen molar-refractivity contribution in [2.75, 3.05) is 37.6 Å². The average molecular weight is 224 g/mol. The predicted octanol–water partition coefficient (Wildman–Crippen LogP) is -1.80. The van der Waals surface area contributed by atoms with Crippen LogP contribution in [0.2, 0.25) is 0 Å². The molecular weight excluding hydrogens is 206 g/mol. The van der Waals surface area contributed by atoms with E-state index in [0.29, 0.717) is 0 Å². The summed E-state index contributed by atoms with van der Waals surface area (Å²) >= 11 is 0. The fraction of sp³-hybridized carbons (Fsp3) is 0.700. The molecule has 0 aromatic carbocycles. The van der Waals surface area contributed by atoms with Gasteiger partial charge in [0.1, 0.15) is 5.69 Å². The van der Waals surface area contributed by atoms with Crippen LogP contribution in [0.4, 0.5) is 5.82 Å². The first-order chi connectivity index (χ1) is 7.70. The molecule has 1 saturated heterocycles. The normalized spacial score (nSPS) is 17.8. The van der Waals surface area contributed by atoms with E-state index in [1.165, 1.54) is 0 Å². The molecule has 0 amide bonds.